The number of ether oxygens (including phenoxy) is 3. The molecule has 4 rings (SSSR count). The number of carbonyl (C=O) groups excluding carboxylic acids is 1. The van der Waals surface area contributed by atoms with Gasteiger partial charge in [0, 0.05) is 16.1 Å². The molecule has 0 aromatic heterocycles. The minimum absolute atomic E-state index is 0.0104. The molecule has 1 aliphatic heterocycles. The Morgan fingerprint density at radius 3 is 2.58 bits per heavy atom. The van der Waals surface area contributed by atoms with E-state index < -0.39 is 11.9 Å². The van der Waals surface area contributed by atoms with Gasteiger partial charge in [-0.1, -0.05) is 43.0 Å². The minimum Gasteiger partial charge on any atom is -0.490 e. The van der Waals surface area contributed by atoms with Crippen molar-refractivity contribution in [2.24, 2.45) is 5.73 Å². The molecule has 3 aromatic carbocycles. The minimum atomic E-state index is -0.508. The molecule has 0 radical (unpaired) electrons. The number of esters is 1. The van der Waals surface area contributed by atoms with Gasteiger partial charge in [-0.05, 0) is 51.8 Å². The van der Waals surface area contributed by atoms with Gasteiger partial charge in [0.1, 0.15) is 35.5 Å². The maximum absolute atomic E-state index is 12.6. The zero-order valence-electron chi connectivity index (χ0n) is 17.5. The molecule has 3 aromatic rings. The molecule has 0 spiro atoms. The Labute approximate surface area is 199 Å². The standard InChI is InChI=1S/C26H19BrN2O4/c1-2-13-31-17-9-7-16(8-10-17)24-20-12-11-18(14-23(20)33-25(29)21(24)15-28)32-26(30)19-5-3-4-6-22(19)27/h2-12,14,24H,1,13,29H2. The van der Waals surface area contributed by atoms with Crippen LogP contribution in [0.2, 0.25) is 0 Å². The second-order valence-corrected chi connectivity index (χ2v) is 8.02. The van der Waals surface area contributed by atoms with E-state index in [1.54, 1.807) is 42.5 Å². The van der Waals surface area contributed by atoms with Gasteiger partial charge >= 0.3 is 5.97 Å². The summed E-state index contributed by atoms with van der Waals surface area (Å²) >= 11 is 3.35. The molecule has 0 fully saturated rings. The number of halogens is 1. The molecule has 33 heavy (non-hydrogen) atoms. The molecule has 1 heterocycles. The second-order valence-electron chi connectivity index (χ2n) is 7.16. The van der Waals surface area contributed by atoms with E-state index in [1.165, 1.54) is 0 Å². The van der Waals surface area contributed by atoms with Crippen LogP contribution in [0.3, 0.4) is 0 Å². The Morgan fingerprint density at radius 1 is 1.15 bits per heavy atom. The van der Waals surface area contributed by atoms with Crippen LogP contribution >= 0.6 is 15.9 Å². The number of hydrogen-bond donors (Lipinski definition) is 1. The quantitative estimate of drug-likeness (QED) is 0.273. The van der Waals surface area contributed by atoms with E-state index in [0.29, 0.717) is 39.5 Å². The van der Waals surface area contributed by atoms with Crippen molar-refractivity contribution in [2.75, 3.05) is 6.61 Å². The Balaban J connectivity index is 1.66. The van der Waals surface area contributed by atoms with E-state index in [9.17, 15) is 10.1 Å². The van der Waals surface area contributed by atoms with Gasteiger partial charge in [0.25, 0.3) is 0 Å². The Hall–Kier alpha value is -4.02. The van der Waals surface area contributed by atoms with Crippen LogP contribution in [0.25, 0.3) is 0 Å². The third kappa shape index (κ3) is 4.61. The van der Waals surface area contributed by atoms with Gasteiger partial charge in [-0.2, -0.15) is 5.26 Å². The smallest absolute Gasteiger partial charge is 0.344 e. The molecular formula is C26H19BrN2O4. The molecule has 0 saturated heterocycles. The topological polar surface area (TPSA) is 94.6 Å². The largest absolute Gasteiger partial charge is 0.490 e. The van der Waals surface area contributed by atoms with Crippen LogP contribution < -0.4 is 19.9 Å². The van der Waals surface area contributed by atoms with Crippen LogP contribution in [0, 0.1) is 11.3 Å². The molecule has 1 unspecified atom stereocenters. The fourth-order valence-electron chi connectivity index (χ4n) is 3.54. The summed E-state index contributed by atoms with van der Waals surface area (Å²) in [6.45, 7) is 4.04. The van der Waals surface area contributed by atoms with Gasteiger partial charge < -0.3 is 19.9 Å². The van der Waals surface area contributed by atoms with Gasteiger partial charge in [0.05, 0.1) is 11.5 Å². The lowest BCUT2D eigenvalue weighted by atomic mass is 9.83. The van der Waals surface area contributed by atoms with Crippen LogP contribution in [0.5, 0.6) is 17.2 Å². The van der Waals surface area contributed by atoms with Crippen molar-refractivity contribution in [2.45, 2.75) is 5.92 Å². The highest BCUT2D eigenvalue weighted by atomic mass is 79.9. The van der Waals surface area contributed by atoms with Crippen molar-refractivity contribution < 1.29 is 19.0 Å². The summed E-state index contributed by atoms with van der Waals surface area (Å²) in [5.74, 6) is 0.480. The van der Waals surface area contributed by atoms with E-state index >= 15 is 0 Å². The van der Waals surface area contributed by atoms with Crippen molar-refractivity contribution in [3.8, 4) is 23.3 Å². The summed E-state index contributed by atoms with van der Waals surface area (Å²) in [6.07, 6.45) is 1.67. The summed E-state index contributed by atoms with van der Waals surface area (Å²) in [4.78, 5) is 12.6. The van der Waals surface area contributed by atoms with Crippen LogP contribution in [-0.4, -0.2) is 12.6 Å². The first-order chi connectivity index (χ1) is 16.0. The van der Waals surface area contributed by atoms with Crippen molar-refractivity contribution >= 4 is 21.9 Å². The summed E-state index contributed by atoms with van der Waals surface area (Å²) in [5, 5.41) is 9.74. The van der Waals surface area contributed by atoms with Gasteiger partial charge in [0.15, 0.2) is 0 Å². The Bertz CT molecular complexity index is 1290. The molecule has 2 N–H and O–H groups in total. The van der Waals surface area contributed by atoms with Crippen molar-refractivity contribution in [3.05, 3.63) is 112 Å². The van der Waals surface area contributed by atoms with Gasteiger partial charge in [-0.15, -0.1) is 0 Å². The molecule has 1 aliphatic rings. The first-order valence-electron chi connectivity index (χ1n) is 10.0. The summed E-state index contributed by atoms with van der Waals surface area (Å²) in [7, 11) is 0. The van der Waals surface area contributed by atoms with E-state index in [4.69, 9.17) is 19.9 Å². The highest BCUT2D eigenvalue weighted by Crippen LogP contribution is 2.43. The van der Waals surface area contributed by atoms with Crippen molar-refractivity contribution in [3.63, 3.8) is 0 Å². The fourth-order valence-corrected chi connectivity index (χ4v) is 3.99. The van der Waals surface area contributed by atoms with Crippen LogP contribution in [0.1, 0.15) is 27.4 Å². The average molecular weight is 503 g/mol. The molecular weight excluding hydrogens is 484 g/mol. The van der Waals surface area contributed by atoms with E-state index in [-0.39, 0.29) is 5.88 Å². The maximum Gasteiger partial charge on any atom is 0.344 e. The lowest BCUT2D eigenvalue weighted by Crippen LogP contribution is -2.21. The third-order valence-corrected chi connectivity index (χ3v) is 5.77. The predicted molar refractivity (Wildman–Crippen MR) is 127 cm³/mol. The molecule has 0 saturated carbocycles. The highest BCUT2D eigenvalue weighted by Gasteiger charge is 2.31. The highest BCUT2D eigenvalue weighted by molar-refractivity contribution is 9.10. The number of carbonyl (C=O) groups is 1. The number of allylic oxidation sites excluding steroid dienone is 1. The Kier molecular flexibility index (Phi) is 6.48. The second kappa shape index (κ2) is 9.63. The number of nitriles is 1. The zero-order chi connectivity index (χ0) is 23.4. The van der Waals surface area contributed by atoms with Gasteiger partial charge in [-0.25, -0.2) is 4.79 Å². The summed E-state index contributed by atoms with van der Waals surface area (Å²) < 4.78 is 17.4. The number of fused-ring (bicyclic) bond motifs is 1. The molecule has 0 aliphatic carbocycles. The maximum atomic E-state index is 12.6. The number of nitrogens with two attached hydrogens (primary N) is 1. The summed E-state index contributed by atoms with van der Waals surface area (Å²) in [5.41, 5.74) is 8.37. The van der Waals surface area contributed by atoms with Crippen LogP contribution in [0.4, 0.5) is 0 Å². The predicted octanol–water partition coefficient (Wildman–Crippen LogP) is 5.45. The van der Waals surface area contributed by atoms with Crippen molar-refractivity contribution in [1.82, 2.24) is 0 Å². The third-order valence-electron chi connectivity index (χ3n) is 5.08. The van der Waals surface area contributed by atoms with Crippen LogP contribution in [0.15, 0.2) is 95.3 Å². The van der Waals surface area contributed by atoms with E-state index in [0.717, 1.165) is 11.1 Å². The van der Waals surface area contributed by atoms with Gasteiger partial charge in [0.2, 0.25) is 5.88 Å². The number of nitrogens with zero attached hydrogens (tertiary/aromatic N) is 1. The van der Waals surface area contributed by atoms with E-state index in [2.05, 4.69) is 28.6 Å². The number of benzene rings is 3. The molecule has 0 bridgehead atoms. The van der Waals surface area contributed by atoms with Gasteiger partial charge in [-0.3, -0.25) is 0 Å². The molecule has 6 nitrogen and oxygen atoms in total. The molecule has 0 amide bonds. The van der Waals surface area contributed by atoms with Crippen molar-refractivity contribution in [1.29, 1.82) is 5.26 Å². The number of rotatable bonds is 6. The monoisotopic (exact) mass is 502 g/mol. The molecule has 7 heteroatoms. The SMILES string of the molecule is C=CCOc1ccc(C2C(C#N)=C(N)Oc3cc(OC(=O)c4ccccc4Br)ccc32)cc1. The first-order valence-corrected chi connectivity index (χ1v) is 10.8. The summed E-state index contributed by atoms with van der Waals surface area (Å²) in [6, 6.07) is 21.6. The van der Waals surface area contributed by atoms with Crippen LogP contribution in [-0.2, 0) is 0 Å². The lowest BCUT2D eigenvalue weighted by Gasteiger charge is -2.26. The molecule has 1 atom stereocenters. The number of hydrogen-bond acceptors (Lipinski definition) is 6. The fraction of sp³-hybridized carbons (Fsp3) is 0.0769. The normalized spacial score (nSPS) is 14.5. The average Bonchev–Trinajstić information content (AvgIpc) is 2.82. The first kappa shape index (κ1) is 22.2. The lowest BCUT2D eigenvalue weighted by molar-refractivity contribution is 0.0733. The zero-order valence-corrected chi connectivity index (χ0v) is 19.0. The Morgan fingerprint density at radius 2 is 1.88 bits per heavy atom. The van der Waals surface area contributed by atoms with E-state index in [1.807, 2.05) is 30.3 Å². The molecule has 164 valence electrons.